The summed E-state index contributed by atoms with van der Waals surface area (Å²) in [5.41, 5.74) is 9.56. The number of pyridine rings is 1. The second kappa shape index (κ2) is 8.31. The van der Waals surface area contributed by atoms with Crippen molar-refractivity contribution >= 4 is 0 Å². The number of ether oxygens (including phenoxy) is 2. The second-order valence-electron chi connectivity index (χ2n) is 5.81. The van der Waals surface area contributed by atoms with Crippen molar-refractivity contribution in [3.05, 3.63) is 89.7 Å². The van der Waals surface area contributed by atoms with Gasteiger partial charge in [-0.2, -0.15) is 0 Å². The highest BCUT2D eigenvalue weighted by Gasteiger charge is 2.15. The van der Waals surface area contributed by atoms with Gasteiger partial charge in [0.25, 0.3) is 0 Å². The highest BCUT2D eigenvalue weighted by molar-refractivity contribution is 5.47. The van der Waals surface area contributed by atoms with E-state index >= 15 is 0 Å². The van der Waals surface area contributed by atoms with Crippen LogP contribution in [0.15, 0.2) is 73.1 Å². The summed E-state index contributed by atoms with van der Waals surface area (Å²) >= 11 is 0. The van der Waals surface area contributed by atoms with E-state index in [0.29, 0.717) is 13.0 Å². The van der Waals surface area contributed by atoms with Crippen molar-refractivity contribution in [3.63, 3.8) is 0 Å². The van der Waals surface area contributed by atoms with Crippen molar-refractivity contribution in [2.45, 2.75) is 19.1 Å². The van der Waals surface area contributed by atoms with E-state index in [1.807, 2.05) is 60.7 Å². The van der Waals surface area contributed by atoms with E-state index < -0.39 is 0 Å². The Morgan fingerprint density at radius 1 is 0.960 bits per heavy atom. The number of rotatable bonds is 7. The zero-order valence-corrected chi connectivity index (χ0v) is 14.3. The minimum atomic E-state index is -0.130. The lowest BCUT2D eigenvalue weighted by molar-refractivity contribution is 0.281. The van der Waals surface area contributed by atoms with Crippen molar-refractivity contribution in [2.75, 3.05) is 7.11 Å². The summed E-state index contributed by atoms with van der Waals surface area (Å²) in [5, 5.41) is 0. The lowest BCUT2D eigenvalue weighted by atomic mass is 9.99. The van der Waals surface area contributed by atoms with Gasteiger partial charge in [0.1, 0.15) is 6.61 Å². The van der Waals surface area contributed by atoms with Gasteiger partial charge in [-0.05, 0) is 41.3 Å². The largest absolute Gasteiger partial charge is 0.493 e. The predicted octanol–water partition coefficient (Wildman–Crippen LogP) is 3.91. The van der Waals surface area contributed by atoms with Gasteiger partial charge < -0.3 is 15.2 Å². The zero-order chi connectivity index (χ0) is 17.5. The quantitative estimate of drug-likeness (QED) is 0.712. The topological polar surface area (TPSA) is 57.4 Å². The Kier molecular flexibility index (Phi) is 5.65. The van der Waals surface area contributed by atoms with Gasteiger partial charge in [-0.1, -0.05) is 42.5 Å². The van der Waals surface area contributed by atoms with Gasteiger partial charge in [0.2, 0.25) is 0 Å². The van der Waals surface area contributed by atoms with Crippen LogP contribution in [0.1, 0.15) is 22.7 Å². The van der Waals surface area contributed by atoms with Crippen LogP contribution < -0.4 is 15.2 Å². The molecule has 0 radical (unpaired) electrons. The number of hydrogen-bond donors (Lipinski definition) is 1. The summed E-state index contributed by atoms with van der Waals surface area (Å²) in [6, 6.07) is 19.7. The first-order chi connectivity index (χ1) is 12.3. The Hall–Kier alpha value is -2.85. The van der Waals surface area contributed by atoms with Crippen LogP contribution in [-0.4, -0.2) is 12.1 Å². The number of benzene rings is 2. The number of methoxy groups -OCH3 is 1. The van der Waals surface area contributed by atoms with E-state index in [4.69, 9.17) is 15.2 Å². The summed E-state index contributed by atoms with van der Waals surface area (Å²) in [6.07, 6.45) is 4.17. The third kappa shape index (κ3) is 4.37. The Balaban J connectivity index is 1.81. The smallest absolute Gasteiger partial charge is 0.164 e. The zero-order valence-electron chi connectivity index (χ0n) is 14.3. The van der Waals surface area contributed by atoms with Crippen LogP contribution in [0.5, 0.6) is 11.5 Å². The van der Waals surface area contributed by atoms with E-state index in [9.17, 15) is 0 Å². The molecular weight excluding hydrogens is 312 g/mol. The van der Waals surface area contributed by atoms with Crippen LogP contribution >= 0.6 is 0 Å². The number of hydrogen-bond acceptors (Lipinski definition) is 4. The molecule has 25 heavy (non-hydrogen) atoms. The number of aromatic nitrogens is 1. The highest BCUT2D eigenvalue weighted by atomic mass is 16.5. The van der Waals surface area contributed by atoms with E-state index in [1.165, 1.54) is 0 Å². The maximum Gasteiger partial charge on any atom is 0.164 e. The summed E-state index contributed by atoms with van der Waals surface area (Å²) in [7, 11) is 1.65. The molecule has 0 aliphatic carbocycles. The Morgan fingerprint density at radius 2 is 1.72 bits per heavy atom. The maximum absolute atomic E-state index is 6.37. The summed E-state index contributed by atoms with van der Waals surface area (Å²) in [6.45, 7) is 0.485. The predicted molar refractivity (Wildman–Crippen MR) is 98.6 cm³/mol. The molecule has 0 amide bonds. The molecule has 0 spiro atoms. The molecule has 0 fully saturated rings. The minimum Gasteiger partial charge on any atom is -0.493 e. The molecule has 2 N–H and O–H groups in total. The van der Waals surface area contributed by atoms with E-state index in [0.717, 1.165) is 28.2 Å². The highest BCUT2D eigenvalue weighted by Crippen LogP contribution is 2.34. The van der Waals surface area contributed by atoms with E-state index in [-0.39, 0.29) is 6.04 Å². The maximum atomic E-state index is 6.37. The van der Waals surface area contributed by atoms with E-state index in [2.05, 4.69) is 4.98 Å². The molecule has 4 nitrogen and oxygen atoms in total. The molecule has 0 saturated carbocycles. The fourth-order valence-electron chi connectivity index (χ4n) is 2.74. The van der Waals surface area contributed by atoms with Crippen LogP contribution in [0, 0.1) is 0 Å². The Morgan fingerprint density at radius 3 is 2.44 bits per heavy atom. The number of para-hydroxylation sites is 1. The molecule has 0 bridgehead atoms. The third-order valence-corrected chi connectivity index (χ3v) is 4.08. The van der Waals surface area contributed by atoms with Crippen molar-refractivity contribution in [2.24, 2.45) is 5.73 Å². The fraction of sp³-hybridized carbons (Fsp3) is 0.190. The van der Waals surface area contributed by atoms with Gasteiger partial charge in [0, 0.05) is 18.4 Å². The summed E-state index contributed by atoms with van der Waals surface area (Å²) in [4.78, 5) is 4.04. The SMILES string of the molecule is COc1cccc(CC(N)c2ccncc2)c1OCc1ccccc1. The first-order valence-corrected chi connectivity index (χ1v) is 8.26. The minimum absolute atomic E-state index is 0.130. The summed E-state index contributed by atoms with van der Waals surface area (Å²) in [5.74, 6) is 1.47. The molecule has 4 heteroatoms. The fourth-order valence-corrected chi connectivity index (χ4v) is 2.74. The van der Waals surface area contributed by atoms with Gasteiger partial charge in [-0.25, -0.2) is 0 Å². The molecule has 3 rings (SSSR count). The van der Waals surface area contributed by atoms with Crippen LogP contribution in [0.25, 0.3) is 0 Å². The molecule has 1 atom stereocenters. The molecule has 0 aliphatic rings. The lowest BCUT2D eigenvalue weighted by Gasteiger charge is -2.18. The molecule has 3 aromatic rings. The van der Waals surface area contributed by atoms with Crippen molar-refractivity contribution < 1.29 is 9.47 Å². The first kappa shape index (κ1) is 17.0. The molecule has 2 aromatic carbocycles. The number of nitrogens with zero attached hydrogens (tertiary/aromatic N) is 1. The molecule has 1 heterocycles. The van der Waals surface area contributed by atoms with Crippen molar-refractivity contribution in [3.8, 4) is 11.5 Å². The van der Waals surface area contributed by atoms with Crippen LogP contribution in [0.2, 0.25) is 0 Å². The van der Waals surface area contributed by atoms with Gasteiger partial charge in [0.05, 0.1) is 7.11 Å². The monoisotopic (exact) mass is 334 g/mol. The first-order valence-electron chi connectivity index (χ1n) is 8.26. The number of nitrogens with two attached hydrogens (primary N) is 1. The third-order valence-electron chi connectivity index (χ3n) is 4.08. The molecule has 0 saturated heterocycles. The molecule has 128 valence electrons. The van der Waals surface area contributed by atoms with Crippen molar-refractivity contribution in [1.29, 1.82) is 0 Å². The van der Waals surface area contributed by atoms with E-state index in [1.54, 1.807) is 19.5 Å². The average molecular weight is 334 g/mol. The van der Waals surface area contributed by atoms with Crippen LogP contribution in [0.3, 0.4) is 0 Å². The average Bonchev–Trinajstić information content (AvgIpc) is 2.68. The van der Waals surface area contributed by atoms with Crippen LogP contribution in [0.4, 0.5) is 0 Å². The normalized spacial score (nSPS) is 11.8. The lowest BCUT2D eigenvalue weighted by Crippen LogP contribution is -2.14. The van der Waals surface area contributed by atoms with Gasteiger partial charge in [0.15, 0.2) is 11.5 Å². The molecule has 1 aromatic heterocycles. The van der Waals surface area contributed by atoms with Crippen molar-refractivity contribution in [1.82, 2.24) is 4.98 Å². The van der Waals surface area contributed by atoms with Crippen LogP contribution in [-0.2, 0) is 13.0 Å². The summed E-state index contributed by atoms with van der Waals surface area (Å²) < 4.78 is 11.6. The molecular formula is C21H22N2O2. The standard InChI is InChI=1S/C21H22N2O2/c1-24-20-9-5-8-18(14-19(22)17-10-12-23-13-11-17)21(20)25-15-16-6-3-2-4-7-16/h2-13,19H,14-15,22H2,1H3. The Labute approximate surface area is 148 Å². The molecule has 0 aliphatic heterocycles. The van der Waals surface area contributed by atoms with Gasteiger partial charge >= 0.3 is 0 Å². The second-order valence-corrected chi connectivity index (χ2v) is 5.81. The van der Waals surface area contributed by atoms with Gasteiger partial charge in [-0.15, -0.1) is 0 Å². The van der Waals surface area contributed by atoms with Gasteiger partial charge in [-0.3, -0.25) is 4.98 Å². The molecule has 1 unspecified atom stereocenters. The Bertz CT molecular complexity index is 792.